The van der Waals surface area contributed by atoms with E-state index in [4.69, 9.17) is 16.2 Å². The zero-order chi connectivity index (χ0) is 22.0. The van der Waals surface area contributed by atoms with Crippen LogP contribution in [0.15, 0.2) is 35.3 Å². The predicted molar refractivity (Wildman–Crippen MR) is 119 cm³/mol. The van der Waals surface area contributed by atoms with E-state index in [1.807, 2.05) is 31.2 Å². The molecular formula is C21H25N7O3. The van der Waals surface area contributed by atoms with Gasteiger partial charge in [-0.2, -0.15) is 4.98 Å². The summed E-state index contributed by atoms with van der Waals surface area (Å²) in [5.74, 6) is 0.230. The molecule has 10 heteroatoms. The SMILES string of the molecule is CCn1c(N)c(C(N)=O)c(=O)c2cnc(Nc3ccc(OC4CCNCC4)cc3)nc21. The number of hydrogen-bond donors (Lipinski definition) is 4. The number of aromatic nitrogens is 3. The van der Waals surface area contributed by atoms with Crippen molar-refractivity contribution in [1.82, 2.24) is 19.9 Å². The molecule has 0 radical (unpaired) electrons. The van der Waals surface area contributed by atoms with E-state index in [2.05, 4.69) is 20.6 Å². The highest BCUT2D eigenvalue weighted by molar-refractivity contribution is 6.00. The Balaban J connectivity index is 1.59. The molecule has 0 unspecified atom stereocenters. The zero-order valence-electron chi connectivity index (χ0n) is 17.2. The van der Waals surface area contributed by atoms with E-state index in [1.54, 1.807) is 4.57 Å². The Hall–Kier alpha value is -3.66. The van der Waals surface area contributed by atoms with Crippen molar-refractivity contribution < 1.29 is 9.53 Å². The van der Waals surface area contributed by atoms with Crippen LogP contribution in [0.4, 0.5) is 17.5 Å². The monoisotopic (exact) mass is 423 g/mol. The van der Waals surface area contributed by atoms with Crippen molar-refractivity contribution in [2.75, 3.05) is 24.1 Å². The van der Waals surface area contributed by atoms with E-state index < -0.39 is 11.3 Å². The number of primary amides is 1. The average molecular weight is 423 g/mol. The Bertz CT molecular complexity index is 1170. The molecule has 0 bridgehead atoms. The number of benzene rings is 1. The summed E-state index contributed by atoms with van der Waals surface area (Å²) in [7, 11) is 0. The molecule has 1 aliphatic rings. The number of aryl methyl sites for hydroxylation is 1. The third-order valence-electron chi connectivity index (χ3n) is 5.30. The van der Waals surface area contributed by atoms with E-state index >= 15 is 0 Å². The lowest BCUT2D eigenvalue weighted by Gasteiger charge is -2.23. The number of hydrogen-bond acceptors (Lipinski definition) is 8. The van der Waals surface area contributed by atoms with Crippen LogP contribution in [0.1, 0.15) is 30.1 Å². The first-order valence-electron chi connectivity index (χ1n) is 10.2. The van der Waals surface area contributed by atoms with Gasteiger partial charge in [0.15, 0.2) is 5.65 Å². The number of carbonyl (C=O) groups excluding carboxylic acids is 1. The van der Waals surface area contributed by atoms with Gasteiger partial charge in [-0.1, -0.05) is 0 Å². The number of fused-ring (bicyclic) bond motifs is 1. The van der Waals surface area contributed by atoms with Crippen molar-refractivity contribution >= 4 is 34.4 Å². The van der Waals surface area contributed by atoms with Gasteiger partial charge >= 0.3 is 0 Å². The summed E-state index contributed by atoms with van der Waals surface area (Å²) < 4.78 is 7.59. The summed E-state index contributed by atoms with van der Waals surface area (Å²) in [5, 5.41) is 6.62. The molecule has 1 fully saturated rings. The molecule has 6 N–H and O–H groups in total. The number of anilines is 3. The maximum Gasteiger partial charge on any atom is 0.256 e. The molecule has 1 amide bonds. The molecule has 31 heavy (non-hydrogen) atoms. The van der Waals surface area contributed by atoms with Crippen LogP contribution in [0.5, 0.6) is 5.75 Å². The number of rotatable bonds is 6. The largest absolute Gasteiger partial charge is 0.490 e. The Kier molecular flexibility index (Phi) is 5.72. The van der Waals surface area contributed by atoms with Crippen LogP contribution in [0.3, 0.4) is 0 Å². The quantitative estimate of drug-likeness (QED) is 0.464. The predicted octanol–water partition coefficient (Wildman–Crippen LogP) is 1.37. The summed E-state index contributed by atoms with van der Waals surface area (Å²) in [6.07, 6.45) is 3.58. The summed E-state index contributed by atoms with van der Waals surface area (Å²) in [4.78, 5) is 33.0. The minimum atomic E-state index is -0.874. The zero-order valence-corrected chi connectivity index (χ0v) is 17.2. The van der Waals surface area contributed by atoms with Crippen LogP contribution in [-0.2, 0) is 6.54 Å². The number of nitrogens with zero attached hydrogens (tertiary/aromatic N) is 3. The average Bonchev–Trinajstić information content (AvgIpc) is 2.76. The van der Waals surface area contributed by atoms with Crippen LogP contribution < -0.4 is 32.3 Å². The smallest absolute Gasteiger partial charge is 0.256 e. The Morgan fingerprint density at radius 2 is 2.00 bits per heavy atom. The summed E-state index contributed by atoms with van der Waals surface area (Å²) in [6.45, 7) is 4.18. The lowest BCUT2D eigenvalue weighted by atomic mass is 10.1. The van der Waals surface area contributed by atoms with Gasteiger partial charge in [0.05, 0.1) is 5.39 Å². The van der Waals surface area contributed by atoms with Gasteiger partial charge in [0.1, 0.15) is 23.2 Å². The highest BCUT2D eigenvalue weighted by atomic mass is 16.5. The van der Waals surface area contributed by atoms with Crippen LogP contribution in [0.2, 0.25) is 0 Å². The van der Waals surface area contributed by atoms with Crippen molar-refractivity contribution in [2.24, 2.45) is 5.73 Å². The van der Waals surface area contributed by atoms with Crippen LogP contribution in [-0.4, -0.2) is 39.6 Å². The van der Waals surface area contributed by atoms with Crippen LogP contribution in [0.25, 0.3) is 11.0 Å². The second-order valence-electron chi connectivity index (χ2n) is 7.35. The van der Waals surface area contributed by atoms with Gasteiger partial charge in [-0.15, -0.1) is 0 Å². The fourth-order valence-corrected chi connectivity index (χ4v) is 3.71. The van der Waals surface area contributed by atoms with Crippen molar-refractivity contribution in [3.8, 4) is 5.75 Å². The normalized spacial score (nSPS) is 14.5. The Morgan fingerprint density at radius 3 is 2.65 bits per heavy atom. The van der Waals surface area contributed by atoms with Gasteiger partial charge < -0.3 is 31.4 Å². The van der Waals surface area contributed by atoms with Gasteiger partial charge in [0.25, 0.3) is 5.91 Å². The fraction of sp³-hybridized carbons (Fsp3) is 0.333. The molecule has 2 aromatic heterocycles. The van der Waals surface area contributed by atoms with E-state index in [9.17, 15) is 9.59 Å². The topological polar surface area (TPSA) is 150 Å². The molecule has 4 rings (SSSR count). The lowest BCUT2D eigenvalue weighted by Crippen LogP contribution is -2.34. The van der Waals surface area contributed by atoms with Crippen molar-refractivity contribution in [2.45, 2.75) is 32.4 Å². The first-order chi connectivity index (χ1) is 15.0. The molecule has 162 valence electrons. The molecule has 3 heterocycles. The van der Waals surface area contributed by atoms with Crippen LogP contribution >= 0.6 is 0 Å². The van der Waals surface area contributed by atoms with Crippen molar-refractivity contribution in [3.05, 3.63) is 46.2 Å². The molecule has 1 aromatic carbocycles. The second-order valence-corrected chi connectivity index (χ2v) is 7.35. The summed E-state index contributed by atoms with van der Waals surface area (Å²) in [6, 6.07) is 7.54. The number of ether oxygens (including phenoxy) is 1. The minimum Gasteiger partial charge on any atom is -0.490 e. The number of carbonyl (C=O) groups is 1. The first kappa shape index (κ1) is 20.6. The number of nitrogens with one attached hydrogen (secondary N) is 2. The molecule has 0 saturated carbocycles. The molecule has 0 spiro atoms. The highest BCUT2D eigenvalue weighted by Gasteiger charge is 2.20. The number of nitrogens with two attached hydrogens (primary N) is 2. The summed E-state index contributed by atoms with van der Waals surface area (Å²) >= 11 is 0. The van der Waals surface area contributed by atoms with E-state index in [0.717, 1.165) is 37.4 Å². The second kappa shape index (κ2) is 8.60. The molecule has 1 saturated heterocycles. The maximum absolute atomic E-state index is 12.6. The number of nitrogen functional groups attached to an aromatic ring is 1. The third kappa shape index (κ3) is 4.15. The molecule has 0 aliphatic carbocycles. The van der Waals surface area contributed by atoms with E-state index in [0.29, 0.717) is 18.1 Å². The molecule has 0 atom stereocenters. The molecular weight excluding hydrogens is 398 g/mol. The number of amides is 1. The molecule has 3 aromatic rings. The van der Waals surface area contributed by atoms with Gasteiger partial charge in [-0.25, -0.2) is 4.98 Å². The fourth-order valence-electron chi connectivity index (χ4n) is 3.71. The van der Waals surface area contributed by atoms with Crippen molar-refractivity contribution in [3.63, 3.8) is 0 Å². The number of pyridine rings is 1. The highest BCUT2D eigenvalue weighted by Crippen LogP contribution is 2.22. The standard InChI is InChI=1S/C21H25N7O3/c1-2-28-18(22)16(19(23)30)17(29)15-11-25-21(27-20(15)28)26-12-3-5-13(6-4-12)31-14-7-9-24-10-8-14/h3-6,11,14,24H,2,7-10,22H2,1H3,(H2,23,30)(H,25,26,27). The van der Waals surface area contributed by atoms with Crippen molar-refractivity contribution in [1.29, 1.82) is 0 Å². The van der Waals surface area contributed by atoms with Gasteiger partial charge in [0.2, 0.25) is 11.4 Å². The minimum absolute atomic E-state index is 0.00318. The number of piperidine rings is 1. The van der Waals surface area contributed by atoms with Gasteiger partial charge in [-0.05, 0) is 57.1 Å². The van der Waals surface area contributed by atoms with Crippen LogP contribution in [0, 0.1) is 0 Å². The maximum atomic E-state index is 12.6. The lowest BCUT2D eigenvalue weighted by molar-refractivity contribution is 0.0999. The first-order valence-corrected chi connectivity index (χ1v) is 10.2. The summed E-state index contributed by atoms with van der Waals surface area (Å²) in [5.41, 5.74) is 11.6. The third-order valence-corrected chi connectivity index (χ3v) is 5.30. The Labute approximate surface area is 178 Å². The van der Waals surface area contributed by atoms with E-state index in [-0.39, 0.29) is 22.9 Å². The van der Waals surface area contributed by atoms with E-state index in [1.165, 1.54) is 6.20 Å². The molecule has 10 nitrogen and oxygen atoms in total. The van der Waals surface area contributed by atoms with Gasteiger partial charge in [0, 0.05) is 18.4 Å². The molecule has 1 aliphatic heterocycles. The Morgan fingerprint density at radius 1 is 1.29 bits per heavy atom. The van der Waals surface area contributed by atoms with Gasteiger partial charge in [-0.3, -0.25) is 9.59 Å².